The zero-order valence-electron chi connectivity index (χ0n) is 14.4. The summed E-state index contributed by atoms with van der Waals surface area (Å²) in [7, 11) is 1.53. The van der Waals surface area contributed by atoms with E-state index in [1.165, 1.54) is 13.2 Å². The van der Waals surface area contributed by atoms with Crippen LogP contribution >= 0.6 is 0 Å². The summed E-state index contributed by atoms with van der Waals surface area (Å²) in [5.41, 5.74) is 1.33. The van der Waals surface area contributed by atoms with Gasteiger partial charge in [-0.3, -0.25) is 14.9 Å². The summed E-state index contributed by atoms with van der Waals surface area (Å²) in [6.07, 6.45) is 2.84. The molecule has 1 saturated heterocycles. The van der Waals surface area contributed by atoms with E-state index in [1.807, 2.05) is 4.90 Å². The van der Waals surface area contributed by atoms with Crippen molar-refractivity contribution in [3.8, 4) is 5.88 Å². The molecule has 136 valence electrons. The molecule has 1 fully saturated rings. The number of methoxy groups -OCH3 is 1. The van der Waals surface area contributed by atoms with Crippen LogP contribution in [-0.2, 0) is 4.79 Å². The Balaban J connectivity index is 1.59. The maximum absolute atomic E-state index is 12.4. The van der Waals surface area contributed by atoms with Crippen LogP contribution in [0.15, 0.2) is 42.6 Å². The first kappa shape index (κ1) is 17.7. The third kappa shape index (κ3) is 3.90. The molecule has 0 atom stereocenters. The summed E-state index contributed by atoms with van der Waals surface area (Å²) in [6.45, 7) is 1.20. The lowest BCUT2D eigenvalue weighted by molar-refractivity contribution is -0.384. The Hall–Kier alpha value is -3.16. The Kier molecular flexibility index (Phi) is 5.31. The largest absolute Gasteiger partial charge is 0.481 e. The van der Waals surface area contributed by atoms with E-state index in [2.05, 4.69) is 10.3 Å². The van der Waals surface area contributed by atoms with E-state index >= 15 is 0 Å². The fourth-order valence-corrected chi connectivity index (χ4v) is 3.09. The number of pyridine rings is 1. The normalized spacial score (nSPS) is 14.7. The molecular weight excluding hydrogens is 336 g/mol. The Morgan fingerprint density at radius 2 is 2.00 bits per heavy atom. The van der Waals surface area contributed by atoms with Crippen molar-refractivity contribution in [1.82, 2.24) is 4.98 Å². The van der Waals surface area contributed by atoms with Gasteiger partial charge in [-0.15, -0.1) is 0 Å². The monoisotopic (exact) mass is 356 g/mol. The molecule has 1 N–H and O–H groups in total. The lowest BCUT2D eigenvalue weighted by Crippen LogP contribution is -2.38. The van der Waals surface area contributed by atoms with Gasteiger partial charge in [0.1, 0.15) is 5.69 Å². The number of anilines is 2. The van der Waals surface area contributed by atoms with Gasteiger partial charge < -0.3 is 15.0 Å². The van der Waals surface area contributed by atoms with Crippen molar-refractivity contribution in [3.05, 3.63) is 52.7 Å². The molecule has 8 nitrogen and oxygen atoms in total. The minimum Gasteiger partial charge on any atom is -0.481 e. The smallest absolute Gasteiger partial charge is 0.292 e. The predicted octanol–water partition coefficient (Wildman–Crippen LogP) is 2.85. The first-order chi connectivity index (χ1) is 12.6. The molecular formula is C18H20N4O4. The number of nitro groups is 1. The third-order valence-corrected chi connectivity index (χ3v) is 4.50. The molecule has 0 aliphatic carbocycles. The number of aromatic nitrogens is 1. The summed E-state index contributed by atoms with van der Waals surface area (Å²) in [5.74, 6) is 0.302. The number of hydrogen-bond acceptors (Lipinski definition) is 6. The molecule has 0 radical (unpaired) electrons. The van der Waals surface area contributed by atoms with E-state index in [9.17, 15) is 14.9 Å². The van der Waals surface area contributed by atoms with Gasteiger partial charge in [0.05, 0.1) is 23.9 Å². The van der Waals surface area contributed by atoms with Crippen LogP contribution in [0.2, 0.25) is 0 Å². The lowest BCUT2D eigenvalue weighted by atomic mass is 9.95. The second-order valence-corrected chi connectivity index (χ2v) is 6.09. The fourth-order valence-electron chi connectivity index (χ4n) is 3.09. The topological polar surface area (TPSA) is 97.6 Å². The molecule has 0 unspecified atom stereocenters. The number of benzene rings is 1. The van der Waals surface area contributed by atoms with Crippen molar-refractivity contribution in [2.75, 3.05) is 30.4 Å². The molecule has 0 spiro atoms. The standard InChI is InChI=1S/C18H20N4O4/c1-26-17-7-6-14(12-19-17)20-18(23)13-8-10-21(11-9-13)15-4-2-3-5-16(15)22(24)25/h2-7,12-13H,8-11H2,1H3,(H,20,23). The Morgan fingerprint density at radius 1 is 1.27 bits per heavy atom. The van der Waals surface area contributed by atoms with Crippen molar-refractivity contribution in [3.63, 3.8) is 0 Å². The SMILES string of the molecule is COc1ccc(NC(=O)C2CCN(c3ccccc3[N+](=O)[O-])CC2)cn1. The van der Waals surface area contributed by atoms with Crippen LogP contribution in [0.4, 0.5) is 17.1 Å². The highest BCUT2D eigenvalue weighted by atomic mass is 16.6. The van der Waals surface area contributed by atoms with Crippen molar-refractivity contribution < 1.29 is 14.5 Å². The zero-order valence-corrected chi connectivity index (χ0v) is 14.4. The highest BCUT2D eigenvalue weighted by Gasteiger charge is 2.28. The van der Waals surface area contributed by atoms with Gasteiger partial charge in [-0.2, -0.15) is 0 Å². The van der Waals surface area contributed by atoms with Crippen LogP contribution in [0, 0.1) is 16.0 Å². The average Bonchev–Trinajstić information content (AvgIpc) is 2.68. The van der Waals surface area contributed by atoms with Gasteiger partial charge in [0.25, 0.3) is 5.69 Å². The minimum absolute atomic E-state index is 0.0563. The van der Waals surface area contributed by atoms with Gasteiger partial charge in [-0.1, -0.05) is 12.1 Å². The van der Waals surface area contributed by atoms with Crippen molar-refractivity contribution in [2.45, 2.75) is 12.8 Å². The lowest BCUT2D eigenvalue weighted by Gasteiger charge is -2.32. The Bertz CT molecular complexity index is 786. The molecule has 26 heavy (non-hydrogen) atoms. The molecule has 0 saturated carbocycles. The molecule has 1 aliphatic rings. The summed E-state index contributed by atoms with van der Waals surface area (Å²) < 4.78 is 4.99. The maximum Gasteiger partial charge on any atom is 0.292 e. The molecule has 1 aliphatic heterocycles. The van der Waals surface area contributed by atoms with Gasteiger partial charge in [0, 0.05) is 31.1 Å². The van der Waals surface area contributed by atoms with Gasteiger partial charge in [-0.25, -0.2) is 4.98 Å². The molecule has 0 bridgehead atoms. The van der Waals surface area contributed by atoms with E-state index in [-0.39, 0.29) is 22.4 Å². The van der Waals surface area contributed by atoms with Gasteiger partial charge >= 0.3 is 0 Å². The van der Waals surface area contributed by atoms with Crippen molar-refractivity contribution >= 4 is 23.0 Å². The predicted molar refractivity (Wildman–Crippen MR) is 97.5 cm³/mol. The van der Waals surface area contributed by atoms with Crippen LogP contribution in [0.25, 0.3) is 0 Å². The van der Waals surface area contributed by atoms with Gasteiger partial charge in [0.2, 0.25) is 11.8 Å². The minimum atomic E-state index is -0.370. The van der Waals surface area contributed by atoms with E-state index in [0.717, 1.165) is 0 Å². The molecule has 1 aromatic heterocycles. The Morgan fingerprint density at radius 3 is 2.62 bits per heavy atom. The molecule has 1 aromatic carbocycles. The van der Waals surface area contributed by atoms with Gasteiger partial charge in [-0.05, 0) is 25.0 Å². The van der Waals surface area contributed by atoms with Crippen LogP contribution in [0.3, 0.4) is 0 Å². The van der Waals surface area contributed by atoms with E-state index in [0.29, 0.717) is 43.2 Å². The molecule has 2 heterocycles. The number of rotatable bonds is 5. The van der Waals surface area contributed by atoms with Crippen molar-refractivity contribution in [2.24, 2.45) is 5.92 Å². The number of hydrogen-bond donors (Lipinski definition) is 1. The van der Waals surface area contributed by atoms with Gasteiger partial charge in [0.15, 0.2) is 0 Å². The summed E-state index contributed by atoms with van der Waals surface area (Å²) >= 11 is 0. The fraction of sp³-hybridized carbons (Fsp3) is 0.333. The summed E-state index contributed by atoms with van der Waals surface area (Å²) in [4.78, 5) is 29.3. The Labute approximate surface area is 150 Å². The van der Waals surface area contributed by atoms with Crippen LogP contribution in [-0.4, -0.2) is 36.0 Å². The first-order valence-electron chi connectivity index (χ1n) is 8.38. The average molecular weight is 356 g/mol. The highest BCUT2D eigenvalue weighted by Crippen LogP contribution is 2.31. The highest BCUT2D eigenvalue weighted by molar-refractivity contribution is 5.92. The third-order valence-electron chi connectivity index (χ3n) is 4.50. The molecule has 2 aromatic rings. The zero-order chi connectivity index (χ0) is 18.5. The number of piperidine rings is 1. The van der Waals surface area contributed by atoms with E-state index < -0.39 is 0 Å². The first-order valence-corrected chi connectivity index (χ1v) is 8.38. The van der Waals surface area contributed by atoms with Crippen LogP contribution in [0.5, 0.6) is 5.88 Å². The maximum atomic E-state index is 12.4. The summed E-state index contributed by atoms with van der Waals surface area (Å²) in [6, 6.07) is 10.1. The van der Waals surface area contributed by atoms with E-state index in [4.69, 9.17) is 4.74 Å². The number of nitrogens with zero attached hydrogens (tertiary/aromatic N) is 3. The molecule has 3 rings (SSSR count). The van der Waals surface area contributed by atoms with Crippen molar-refractivity contribution in [1.29, 1.82) is 0 Å². The number of para-hydroxylation sites is 2. The van der Waals surface area contributed by atoms with Crippen LogP contribution < -0.4 is 15.0 Å². The number of carbonyl (C=O) groups excluding carboxylic acids is 1. The molecule has 1 amide bonds. The second kappa shape index (κ2) is 7.81. The van der Waals surface area contributed by atoms with Crippen LogP contribution in [0.1, 0.15) is 12.8 Å². The summed E-state index contributed by atoms with van der Waals surface area (Å²) in [5, 5.41) is 14.0. The number of ether oxygens (including phenoxy) is 1. The quantitative estimate of drug-likeness (QED) is 0.653. The van der Waals surface area contributed by atoms with E-state index in [1.54, 1.807) is 36.5 Å². The number of nitrogens with one attached hydrogen (secondary N) is 1. The molecule has 8 heteroatoms. The number of nitro benzene ring substituents is 1. The number of amides is 1. The number of carbonyl (C=O) groups is 1. The second-order valence-electron chi connectivity index (χ2n) is 6.09.